The van der Waals surface area contributed by atoms with Crippen molar-refractivity contribution in [2.45, 2.75) is 31.9 Å². The third-order valence-electron chi connectivity index (χ3n) is 5.77. The molecule has 0 saturated carbocycles. The number of nitrogens with one attached hydrogen (secondary N) is 1. The van der Waals surface area contributed by atoms with Crippen LogP contribution in [0.15, 0.2) is 54.6 Å². The van der Waals surface area contributed by atoms with Crippen molar-refractivity contribution in [2.75, 3.05) is 26.2 Å². The van der Waals surface area contributed by atoms with E-state index in [1.165, 1.54) is 0 Å². The quantitative estimate of drug-likeness (QED) is 0.823. The Morgan fingerprint density at radius 3 is 2.36 bits per heavy atom. The first-order chi connectivity index (χ1) is 13.7. The van der Waals surface area contributed by atoms with Gasteiger partial charge in [0.15, 0.2) is 0 Å². The van der Waals surface area contributed by atoms with Crippen LogP contribution in [0.4, 0.5) is 4.79 Å². The van der Waals surface area contributed by atoms with Gasteiger partial charge in [0.1, 0.15) is 11.9 Å². The van der Waals surface area contributed by atoms with Crippen LogP contribution < -0.4 is 10.1 Å². The van der Waals surface area contributed by atoms with E-state index in [9.17, 15) is 4.79 Å². The van der Waals surface area contributed by atoms with Crippen molar-refractivity contribution in [2.24, 2.45) is 5.92 Å². The van der Waals surface area contributed by atoms with Crippen LogP contribution in [-0.2, 0) is 4.74 Å². The highest BCUT2D eigenvalue weighted by Gasteiger charge is 2.36. The topological polar surface area (TPSA) is 50.8 Å². The molecule has 3 saturated heterocycles. The third-order valence-corrected chi connectivity index (χ3v) is 5.77. The molecular formula is C23H28N2O3. The number of carbonyl (C=O) groups is 1. The van der Waals surface area contributed by atoms with E-state index >= 15 is 0 Å². The maximum atomic E-state index is 12.7. The number of rotatable bonds is 6. The molecule has 0 radical (unpaired) electrons. The molecule has 0 aliphatic carbocycles. The molecular weight excluding hydrogens is 352 g/mol. The number of carbonyl (C=O) groups excluding carboxylic acids is 1. The fourth-order valence-electron chi connectivity index (χ4n) is 4.26. The molecule has 148 valence electrons. The maximum Gasteiger partial charge on any atom is 0.408 e. The van der Waals surface area contributed by atoms with Crippen molar-refractivity contribution in [3.8, 4) is 5.75 Å². The first-order valence-corrected chi connectivity index (χ1v) is 10.2. The first kappa shape index (κ1) is 18.8. The highest BCUT2D eigenvalue weighted by Crippen LogP contribution is 2.30. The number of hydrogen-bond acceptors (Lipinski definition) is 4. The van der Waals surface area contributed by atoms with Gasteiger partial charge in [0.2, 0.25) is 0 Å². The van der Waals surface area contributed by atoms with E-state index in [-0.39, 0.29) is 18.2 Å². The van der Waals surface area contributed by atoms with Gasteiger partial charge in [-0.05, 0) is 62.0 Å². The lowest BCUT2D eigenvalue weighted by molar-refractivity contribution is -0.0336. The van der Waals surface area contributed by atoms with Gasteiger partial charge in [0.25, 0.3) is 0 Å². The first-order valence-electron chi connectivity index (χ1n) is 10.2. The summed E-state index contributed by atoms with van der Waals surface area (Å²) in [7, 11) is 0. The summed E-state index contributed by atoms with van der Waals surface area (Å²) in [6.07, 6.45) is 1.90. The van der Waals surface area contributed by atoms with Crippen molar-refractivity contribution in [3.63, 3.8) is 0 Å². The van der Waals surface area contributed by atoms with E-state index in [0.717, 1.165) is 49.4 Å². The van der Waals surface area contributed by atoms with Crippen molar-refractivity contribution in [1.82, 2.24) is 10.2 Å². The average molecular weight is 380 g/mol. The monoisotopic (exact) mass is 380 g/mol. The van der Waals surface area contributed by atoms with Crippen LogP contribution in [0.3, 0.4) is 0 Å². The summed E-state index contributed by atoms with van der Waals surface area (Å²) in [5.74, 6) is 1.32. The Labute approximate surface area is 166 Å². The number of nitrogens with zero attached hydrogens (tertiary/aromatic N) is 1. The number of amides is 1. The van der Waals surface area contributed by atoms with Crippen LogP contribution in [-0.4, -0.2) is 43.3 Å². The lowest BCUT2D eigenvalue weighted by Crippen LogP contribution is -2.52. The minimum absolute atomic E-state index is 0.000691. The van der Waals surface area contributed by atoms with Crippen LogP contribution >= 0.6 is 0 Å². The molecule has 2 aromatic rings. The number of ether oxygens (including phenoxy) is 2. The number of alkyl carbamates (subject to hydrolysis) is 1. The molecule has 3 aliphatic heterocycles. The van der Waals surface area contributed by atoms with Gasteiger partial charge in [-0.25, -0.2) is 4.79 Å². The zero-order valence-corrected chi connectivity index (χ0v) is 16.3. The van der Waals surface area contributed by atoms with Gasteiger partial charge in [0, 0.05) is 6.54 Å². The lowest BCUT2D eigenvalue weighted by atomic mass is 9.86. The summed E-state index contributed by atoms with van der Waals surface area (Å²) < 4.78 is 11.4. The molecule has 2 aromatic carbocycles. The second-order valence-electron chi connectivity index (χ2n) is 7.57. The SMILES string of the molecule is CCOc1ccc(C(NC(=O)O[C@H]2CN3CCC2CC3)c2ccccc2)cc1. The molecule has 2 atom stereocenters. The molecule has 3 fully saturated rings. The molecule has 1 unspecified atom stereocenters. The molecule has 5 heteroatoms. The molecule has 0 spiro atoms. The molecule has 3 aliphatic rings. The second-order valence-corrected chi connectivity index (χ2v) is 7.57. The van der Waals surface area contributed by atoms with Crippen molar-refractivity contribution < 1.29 is 14.3 Å². The molecule has 5 nitrogen and oxygen atoms in total. The van der Waals surface area contributed by atoms with Crippen LogP contribution in [0.25, 0.3) is 0 Å². The van der Waals surface area contributed by atoms with Gasteiger partial charge < -0.3 is 14.8 Å². The van der Waals surface area contributed by atoms with Crippen LogP contribution in [0.2, 0.25) is 0 Å². The Kier molecular flexibility index (Phi) is 5.81. The summed E-state index contributed by atoms with van der Waals surface area (Å²) in [6, 6.07) is 17.6. The summed E-state index contributed by atoms with van der Waals surface area (Å²) in [5.41, 5.74) is 2.03. The summed E-state index contributed by atoms with van der Waals surface area (Å²) in [5, 5.41) is 3.09. The van der Waals surface area contributed by atoms with E-state index < -0.39 is 0 Å². The zero-order chi connectivity index (χ0) is 19.3. The second kappa shape index (κ2) is 8.65. The number of hydrogen-bond donors (Lipinski definition) is 1. The average Bonchev–Trinajstić information content (AvgIpc) is 2.74. The summed E-state index contributed by atoms with van der Waals surface area (Å²) >= 11 is 0. The van der Waals surface area contributed by atoms with Crippen LogP contribution in [0.1, 0.15) is 36.9 Å². The Balaban J connectivity index is 1.48. The Morgan fingerprint density at radius 2 is 1.75 bits per heavy atom. The molecule has 0 aromatic heterocycles. The van der Waals surface area contributed by atoms with Crippen molar-refractivity contribution in [3.05, 3.63) is 65.7 Å². The largest absolute Gasteiger partial charge is 0.494 e. The van der Waals surface area contributed by atoms with E-state index in [1.807, 2.05) is 61.5 Å². The van der Waals surface area contributed by atoms with Crippen LogP contribution in [0.5, 0.6) is 5.75 Å². The Hall–Kier alpha value is -2.53. The number of fused-ring (bicyclic) bond motifs is 3. The lowest BCUT2D eigenvalue weighted by Gasteiger charge is -2.43. The zero-order valence-electron chi connectivity index (χ0n) is 16.3. The highest BCUT2D eigenvalue weighted by molar-refractivity contribution is 5.69. The maximum absolute atomic E-state index is 12.7. The molecule has 2 bridgehead atoms. The molecule has 28 heavy (non-hydrogen) atoms. The number of piperidine rings is 3. The standard InChI is InChI=1S/C23H28N2O3/c1-2-27-20-10-8-19(9-11-20)22(18-6-4-3-5-7-18)24-23(26)28-21-16-25-14-12-17(21)13-15-25/h3-11,17,21-22H,2,12-16H2,1H3,(H,24,26)/t21-,22?/m0/s1. The van der Waals surface area contributed by atoms with E-state index in [2.05, 4.69) is 10.2 Å². The number of benzene rings is 2. The van der Waals surface area contributed by atoms with E-state index in [1.54, 1.807) is 0 Å². The fourth-order valence-corrected chi connectivity index (χ4v) is 4.26. The normalized spacial score (nSPS) is 24.4. The molecule has 1 amide bonds. The minimum atomic E-state index is -0.346. The minimum Gasteiger partial charge on any atom is -0.494 e. The third kappa shape index (κ3) is 4.30. The van der Waals surface area contributed by atoms with Crippen molar-refractivity contribution >= 4 is 6.09 Å². The van der Waals surface area contributed by atoms with Gasteiger partial charge in [-0.2, -0.15) is 0 Å². The van der Waals surface area contributed by atoms with E-state index in [0.29, 0.717) is 12.5 Å². The summed E-state index contributed by atoms with van der Waals surface area (Å²) in [4.78, 5) is 15.1. The Bertz CT molecular complexity index is 770. The van der Waals surface area contributed by atoms with Gasteiger partial charge >= 0.3 is 6.09 Å². The molecule has 3 heterocycles. The predicted molar refractivity (Wildman–Crippen MR) is 108 cm³/mol. The molecule has 1 N–H and O–H groups in total. The fraction of sp³-hybridized carbons (Fsp3) is 0.435. The van der Waals surface area contributed by atoms with Crippen LogP contribution in [0, 0.1) is 5.92 Å². The van der Waals surface area contributed by atoms with E-state index in [4.69, 9.17) is 9.47 Å². The predicted octanol–water partition coefficient (Wildman–Crippen LogP) is 4.00. The Morgan fingerprint density at radius 1 is 1.07 bits per heavy atom. The van der Waals surface area contributed by atoms with Gasteiger partial charge in [-0.1, -0.05) is 42.5 Å². The summed E-state index contributed by atoms with van der Waals surface area (Å²) in [6.45, 7) is 5.71. The van der Waals surface area contributed by atoms with Gasteiger partial charge in [-0.15, -0.1) is 0 Å². The van der Waals surface area contributed by atoms with Gasteiger partial charge in [-0.3, -0.25) is 4.90 Å². The highest BCUT2D eigenvalue weighted by atomic mass is 16.6. The molecule has 5 rings (SSSR count). The van der Waals surface area contributed by atoms with Gasteiger partial charge in [0.05, 0.1) is 12.6 Å². The smallest absolute Gasteiger partial charge is 0.408 e. The van der Waals surface area contributed by atoms with Crippen molar-refractivity contribution in [1.29, 1.82) is 0 Å².